The lowest BCUT2D eigenvalue weighted by molar-refractivity contribution is -0.156. The highest BCUT2D eigenvalue weighted by Gasteiger charge is 2.35. The number of carbonyl (C=O) groups is 2. The molecular formula is C14H15Cl2NO5S. The molecule has 0 aromatic heterocycles. The van der Waals surface area contributed by atoms with E-state index in [4.69, 9.17) is 27.9 Å². The van der Waals surface area contributed by atoms with Crippen LogP contribution < -0.4 is 5.32 Å². The summed E-state index contributed by atoms with van der Waals surface area (Å²) in [5.74, 6) is -2.26. The van der Waals surface area contributed by atoms with Crippen LogP contribution in [-0.4, -0.2) is 37.9 Å². The summed E-state index contributed by atoms with van der Waals surface area (Å²) in [7, 11) is -3.19. The van der Waals surface area contributed by atoms with Gasteiger partial charge in [0, 0.05) is 5.02 Å². The highest BCUT2D eigenvalue weighted by Crippen LogP contribution is 2.26. The van der Waals surface area contributed by atoms with Gasteiger partial charge in [-0.2, -0.15) is 0 Å². The molecule has 1 aromatic rings. The van der Waals surface area contributed by atoms with E-state index < -0.39 is 33.7 Å². The Morgan fingerprint density at radius 1 is 1.35 bits per heavy atom. The second-order valence-corrected chi connectivity index (χ2v) is 8.36. The Kier molecular flexibility index (Phi) is 5.54. The van der Waals surface area contributed by atoms with Gasteiger partial charge in [0.05, 0.1) is 28.1 Å². The van der Waals surface area contributed by atoms with Crippen molar-refractivity contribution in [2.24, 2.45) is 5.92 Å². The molecule has 2 unspecified atom stereocenters. The predicted molar refractivity (Wildman–Crippen MR) is 87.4 cm³/mol. The number of nitrogens with one attached hydrogen (secondary N) is 1. The molecule has 1 saturated heterocycles. The van der Waals surface area contributed by atoms with E-state index in [9.17, 15) is 18.0 Å². The number of sulfone groups is 1. The third-order valence-corrected chi connectivity index (χ3v) is 5.75. The topological polar surface area (TPSA) is 89.5 Å². The number of rotatable bonds is 4. The third kappa shape index (κ3) is 4.83. The third-order valence-electron chi connectivity index (χ3n) is 3.41. The molecule has 2 atom stereocenters. The van der Waals surface area contributed by atoms with Gasteiger partial charge < -0.3 is 10.1 Å². The molecule has 0 radical (unpaired) electrons. The maximum Gasteiger partial charge on any atom is 0.310 e. The second-order valence-electron chi connectivity index (χ2n) is 5.29. The first kappa shape index (κ1) is 18.0. The Hall–Kier alpha value is -1.31. The number of anilines is 1. The number of carbonyl (C=O) groups excluding carboxylic acids is 2. The lowest BCUT2D eigenvalue weighted by Crippen LogP contribution is -2.32. The molecular weight excluding hydrogens is 365 g/mol. The highest BCUT2D eigenvalue weighted by molar-refractivity contribution is 7.91. The summed E-state index contributed by atoms with van der Waals surface area (Å²) in [5, 5.41) is 3.20. The summed E-state index contributed by atoms with van der Waals surface area (Å²) in [6, 6.07) is 4.57. The monoisotopic (exact) mass is 379 g/mol. The smallest absolute Gasteiger partial charge is 0.310 e. The molecule has 9 heteroatoms. The van der Waals surface area contributed by atoms with Crippen molar-refractivity contribution in [1.82, 2.24) is 0 Å². The predicted octanol–water partition coefficient (Wildman–Crippen LogP) is 2.30. The lowest BCUT2D eigenvalue weighted by atomic mass is 10.1. The maximum absolute atomic E-state index is 12.0. The van der Waals surface area contributed by atoms with Crippen molar-refractivity contribution in [1.29, 1.82) is 0 Å². The van der Waals surface area contributed by atoms with Crippen molar-refractivity contribution in [3.63, 3.8) is 0 Å². The average Bonchev–Trinajstić information content (AvgIpc) is 2.83. The lowest BCUT2D eigenvalue weighted by Gasteiger charge is -2.16. The van der Waals surface area contributed by atoms with Crippen molar-refractivity contribution < 1.29 is 22.7 Å². The minimum Gasteiger partial charge on any atom is -0.452 e. The van der Waals surface area contributed by atoms with Crippen LogP contribution in [0.5, 0.6) is 0 Å². The van der Waals surface area contributed by atoms with Gasteiger partial charge in [0.15, 0.2) is 15.9 Å². The summed E-state index contributed by atoms with van der Waals surface area (Å²) in [6.07, 6.45) is -0.865. The zero-order chi connectivity index (χ0) is 17.2. The zero-order valence-electron chi connectivity index (χ0n) is 12.2. The van der Waals surface area contributed by atoms with Crippen LogP contribution in [0.1, 0.15) is 13.3 Å². The summed E-state index contributed by atoms with van der Waals surface area (Å²) in [4.78, 5) is 24.0. The molecule has 2 rings (SSSR count). The Bertz CT molecular complexity index is 735. The Balaban J connectivity index is 1.95. The van der Waals surface area contributed by atoms with E-state index in [1.54, 1.807) is 6.07 Å². The molecule has 1 aliphatic heterocycles. The molecule has 23 heavy (non-hydrogen) atoms. The molecule has 1 aromatic carbocycles. The summed E-state index contributed by atoms with van der Waals surface area (Å²) < 4.78 is 27.8. The normalized spacial score (nSPS) is 20.7. The number of ether oxygens (including phenoxy) is 1. The van der Waals surface area contributed by atoms with Crippen molar-refractivity contribution in [3.8, 4) is 0 Å². The molecule has 0 saturated carbocycles. The van der Waals surface area contributed by atoms with Crippen molar-refractivity contribution in [2.75, 3.05) is 16.8 Å². The van der Waals surface area contributed by atoms with E-state index in [1.807, 2.05) is 0 Å². The zero-order valence-corrected chi connectivity index (χ0v) is 14.5. The van der Waals surface area contributed by atoms with Crippen LogP contribution >= 0.6 is 23.2 Å². The van der Waals surface area contributed by atoms with Crippen LogP contribution in [0.2, 0.25) is 10.0 Å². The van der Waals surface area contributed by atoms with Crippen LogP contribution in [0.25, 0.3) is 0 Å². The van der Waals surface area contributed by atoms with Gasteiger partial charge in [0.1, 0.15) is 0 Å². The fraction of sp³-hybridized carbons (Fsp3) is 0.429. The standard InChI is InChI=1S/C14H15Cl2NO5S/c1-8(22-14(19)9-4-5-23(20,21)7-9)13(18)17-12-6-10(15)2-3-11(12)16/h2-3,6,8-9H,4-5,7H2,1H3,(H,17,18). The van der Waals surface area contributed by atoms with Gasteiger partial charge in [-0.25, -0.2) is 8.42 Å². The van der Waals surface area contributed by atoms with Crippen LogP contribution in [0.4, 0.5) is 5.69 Å². The number of halogens is 2. The SMILES string of the molecule is CC(OC(=O)C1CCS(=O)(=O)C1)C(=O)Nc1cc(Cl)ccc1Cl. The average molecular weight is 380 g/mol. The van der Waals surface area contributed by atoms with Crippen molar-refractivity contribution in [3.05, 3.63) is 28.2 Å². The number of hydrogen-bond donors (Lipinski definition) is 1. The molecule has 1 heterocycles. The molecule has 1 aliphatic rings. The first-order valence-corrected chi connectivity index (χ1v) is 9.42. The van der Waals surface area contributed by atoms with Gasteiger partial charge in [-0.1, -0.05) is 23.2 Å². The largest absolute Gasteiger partial charge is 0.452 e. The van der Waals surface area contributed by atoms with E-state index in [2.05, 4.69) is 5.32 Å². The van der Waals surface area contributed by atoms with E-state index >= 15 is 0 Å². The van der Waals surface area contributed by atoms with Gasteiger partial charge >= 0.3 is 5.97 Å². The van der Waals surface area contributed by atoms with Gasteiger partial charge in [-0.3, -0.25) is 9.59 Å². The summed E-state index contributed by atoms with van der Waals surface area (Å²) >= 11 is 11.8. The van der Waals surface area contributed by atoms with Crippen LogP contribution in [-0.2, 0) is 24.2 Å². The molecule has 1 fully saturated rings. The van der Waals surface area contributed by atoms with Crippen molar-refractivity contribution >= 4 is 50.6 Å². The molecule has 1 amide bonds. The number of amides is 1. The van der Waals surface area contributed by atoms with Crippen LogP contribution in [0.15, 0.2) is 18.2 Å². The first-order valence-electron chi connectivity index (χ1n) is 6.85. The van der Waals surface area contributed by atoms with E-state index in [1.165, 1.54) is 19.1 Å². The fourth-order valence-electron chi connectivity index (χ4n) is 2.13. The Morgan fingerprint density at radius 2 is 2.04 bits per heavy atom. The van der Waals surface area contributed by atoms with Crippen molar-refractivity contribution in [2.45, 2.75) is 19.4 Å². The molecule has 126 valence electrons. The fourth-order valence-corrected chi connectivity index (χ4v) is 4.20. The number of hydrogen-bond acceptors (Lipinski definition) is 5. The van der Waals surface area contributed by atoms with Gasteiger partial charge in [-0.05, 0) is 31.5 Å². The number of esters is 1. The van der Waals surface area contributed by atoms with Crippen LogP contribution in [0.3, 0.4) is 0 Å². The molecule has 6 nitrogen and oxygen atoms in total. The minimum absolute atomic E-state index is 0.0362. The Labute approximate surface area is 144 Å². The van der Waals surface area contributed by atoms with E-state index in [-0.39, 0.29) is 17.9 Å². The molecule has 0 bridgehead atoms. The summed E-state index contributed by atoms with van der Waals surface area (Å²) in [5.41, 5.74) is 0.301. The van der Waals surface area contributed by atoms with E-state index in [0.29, 0.717) is 15.7 Å². The quantitative estimate of drug-likeness (QED) is 0.810. The molecule has 1 N–H and O–H groups in total. The summed E-state index contributed by atoms with van der Waals surface area (Å²) in [6.45, 7) is 1.40. The van der Waals surface area contributed by atoms with Gasteiger partial charge in [-0.15, -0.1) is 0 Å². The highest BCUT2D eigenvalue weighted by atomic mass is 35.5. The van der Waals surface area contributed by atoms with Gasteiger partial charge in [0.25, 0.3) is 5.91 Å². The maximum atomic E-state index is 12.0. The van der Waals surface area contributed by atoms with Gasteiger partial charge in [0.2, 0.25) is 0 Å². The first-order chi connectivity index (χ1) is 10.7. The molecule has 0 aliphatic carbocycles. The second kappa shape index (κ2) is 7.07. The van der Waals surface area contributed by atoms with E-state index in [0.717, 1.165) is 0 Å². The molecule has 0 spiro atoms. The minimum atomic E-state index is -3.19. The Morgan fingerprint density at radius 3 is 2.65 bits per heavy atom. The number of benzene rings is 1. The van der Waals surface area contributed by atoms with Crippen LogP contribution in [0, 0.1) is 5.92 Å².